The van der Waals surface area contributed by atoms with E-state index >= 15 is 0 Å². The summed E-state index contributed by atoms with van der Waals surface area (Å²) in [6, 6.07) is 6.06. The van der Waals surface area contributed by atoms with Crippen molar-refractivity contribution in [1.82, 2.24) is 4.90 Å². The number of hydrogen-bond donors (Lipinski definition) is 0. The minimum absolute atomic E-state index is 0.0419. The maximum absolute atomic E-state index is 14.0. The Bertz CT molecular complexity index is 575. The molecule has 1 saturated carbocycles. The minimum Gasteiger partial charge on any atom is -0.466 e. The third-order valence-corrected chi connectivity index (χ3v) is 4.69. The van der Waals surface area contributed by atoms with Crippen LogP contribution in [-0.2, 0) is 9.53 Å². The number of carbonyl (C=O) groups excluding carboxylic acids is 2. The summed E-state index contributed by atoms with van der Waals surface area (Å²) in [5.74, 6) is -0.841. The number of halogens is 1. The number of amides is 1. The number of rotatable bonds is 6. The first-order valence-electron chi connectivity index (χ1n) is 8.75. The number of nitrogens with zero attached hydrogens (tertiary/aromatic N) is 1. The predicted molar refractivity (Wildman–Crippen MR) is 90.1 cm³/mol. The van der Waals surface area contributed by atoms with Gasteiger partial charge < -0.3 is 9.64 Å². The number of benzene rings is 1. The van der Waals surface area contributed by atoms with E-state index in [0.29, 0.717) is 12.5 Å². The second kappa shape index (κ2) is 8.81. The van der Waals surface area contributed by atoms with E-state index in [1.807, 2.05) is 0 Å². The Morgan fingerprint density at radius 3 is 2.62 bits per heavy atom. The molecule has 24 heavy (non-hydrogen) atoms. The molecule has 2 unspecified atom stereocenters. The average molecular weight is 335 g/mol. The van der Waals surface area contributed by atoms with Crippen molar-refractivity contribution in [2.45, 2.75) is 52.0 Å². The zero-order chi connectivity index (χ0) is 17.5. The van der Waals surface area contributed by atoms with Crippen LogP contribution in [0.15, 0.2) is 24.3 Å². The van der Waals surface area contributed by atoms with Crippen LogP contribution in [0.5, 0.6) is 0 Å². The van der Waals surface area contributed by atoms with Crippen LogP contribution in [0.3, 0.4) is 0 Å². The highest BCUT2D eigenvalue weighted by Crippen LogP contribution is 2.29. The second-order valence-corrected chi connectivity index (χ2v) is 6.36. The molecule has 2 rings (SSSR count). The summed E-state index contributed by atoms with van der Waals surface area (Å²) in [7, 11) is 0. The van der Waals surface area contributed by atoms with Crippen molar-refractivity contribution in [2.75, 3.05) is 13.2 Å². The fourth-order valence-corrected chi connectivity index (χ4v) is 3.41. The van der Waals surface area contributed by atoms with Gasteiger partial charge in [0.25, 0.3) is 5.91 Å². The van der Waals surface area contributed by atoms with E-state index in [1.165, 1.54) is 12.1 Å². The summed E-state index contributed by atoms with van der Waals surface area (Å²) < 4.78 is 19.0. The minimum atomic E-state index is -0.521. The van der Waals surface area contributed by atoms with Crippen molar-refractivity contribution in [2.24, 2.45) is 5.92 Å². The quantitative estimate of drug-likeness (QED) is 0.743. The van der Waals surface area contributed by atoms with E-state index in [0.717, 1.165) is 25.7 Å². The molecule has 0 aromatic heterocycles. The van der Waals surface area contributed by atoms with Gasteiger partial charge in [-0.25, -0.2) is 4.39 Å². The second-order valence-electron chi connectivity index (χ2n) is 6.36. The van der Waals surface area contributed by atoms with Gasteiger partial charge >= 0.3 is 5.97 Å². The van der Waals surface area contributed by atoms with Crippen LogP contribution in [0.1, 0.15) is 56.3 Å². The molecule has 0 bridgehead atoms. The van der Waals surface area contributed by atoms with Crippen molar-refractivity contribution < 1.29 is 18.7 Å². The summed E-state index contributed by atoms with van der Waals surface area (Å²) in [5.41, 5.74) is 0.0686. The van der Waals surface area contributed by atoms with E-state index in [4.69, 9.17) is 4.74 Å². The molecule has 0 saturated heterocycles. The molecule has 1 aliphatic rings. The summed E-state index contributed by atoms with van der Waals surface area (Å²) in [6.45, 7) is 4.46. The first kappa shape index (κ1) is 18.4. The van der Waals surface area contributed by atoms with E-state index in [-0.39, 0.29) is 36.4 Å². The Hall–Kier alpha value is -1.91. The van der Waals surface area contributed by atoms with E-state index in [9.17, 15) is 14.0 Å². The Morgan fingerprint density at radius 1 is 1.25 bits per heavy atom. The summed E-state index contributed by atoms with van der Waals surface area (Å²) in [6.07, 6.45) is 4.28. The van der Waals surface area contributed by atoms with Crippen LogP contribution in [0.25, 0.3) is 0 Å². The molecule has 0 heterocycles. The molecule has 132 valence electrons. The lowest BCUT2D eigenvalue weighted by Gasteiger charge is -2.38. The van der Waals surface area contributed by atoms with Gasteiger partial charge in [0.2, 0.25) is 0 Å². The predicted octanol–water partition coefficient (Wildman–Crippen LogP) is 3.80. The van der Waals surface area contributed by atoms with Crippen LogP contribution >= 0.6 is 0 Å². The maximum Gasteiger partial charge on any atom is 0.307 e. The molecule has 1 aromatic carbocycles. The van der Waals surface area contributed by atoms with Gasteiger partial charge in [-0.05, 0) is 37.8 Å². The molecule has 1 amide bonds. The summed E-state index contributed by atoms with van der Waals surface area (Å²) >= 11 is 0. The van der Waals surface area contributed by atoms with Gasteiger partial charge in [-0.15, -0.1) is 0 Å². The van der Waals surface area contributed by atoms with E-state index in [1.54, 1.807) is 24.0 Å². The Balaban J connectivity index is 2.19. The van der Waals surface area contributed by atoms with Gasteiger partial charge in [-0.3, -0.25) is 9.59 Å². The first-order chi connectivity index (χ1) is 11.5. The van der Waals surface area contributed by atoms with Crippen LogP contribution in [0, 0.1) is 11.7 Å². The first-order valence-corrected chi connectivity index (χ1v) is 8.75. The molecule has 2 atom stereocenters. The Morgan fingerprint density at radius 2 is 1.96 bits per heavy atom. The van der Waals surface area contributed by atoms with E-state index in [2.05, 4.69) is 6.92 Å². The van der Waals surface area contributed by atoms with Gasteiger partial charge in [-0.2, -0.15) is 0 Å². The topological polar surface area (TPSA) is 46.6 Å². The fraction of sp³-hybridized carbons (Fsp3) is 0.579. The van der Waals surface area contributed by atoms with E-state index < -0.39 is 5.82 Å². The van der Waals surface area contributed by atoms with Crippen LogP contribution in [-0.4, -0.2) is 36.0 Å². The molecule has 0 spiro atoms. The van der Waals surface area contributed by atoms with Gasteiger partial charge in [0.15, 0.2) is 0 Å². The molecule has 1 fully saturated rings. The van der Waals surface area contributed by atoms with Crippen molar-refractivity contribution in [3.8, 4) is 0 Å². The molecular weight excluding hydrogens is 309 g/mol. The van der Waals surface area contributed by atoms with Crippen molar-refractivity contribution in [3.63, 3.8) is 0 Å². The van der Waals surface area contributed by atoms with Crippen LogP contribution in [0.4, 0.5) is 4.39 Å². The average Bonchev–Trinajstić information content (AvgIpc) is 2.57. The molecule has 0 aliphatic heterocycles. The van der Waals surface area contributed by atoms with Gasteiger partial charge in [0, 0.05) is 12.6 Å². The molecule has 1 aromatic rings. The van der Waals surface area contributed by atoms with Crippen molar-refractivity contribution >= 4 is 11.9 Å². The maximum atomic E-state index is 14.0. The largest absolute Gasteiger partial charge is 0.466 e. The summed E-state index contributed by atoms with van der Waals surface area (Å²) in [4.78, 5) is 26.3. The smallest absolute Gasteiger partial charge is 0.307 e. The lowest BCUT2D eigenvalue weighted by atomic mass is 9.84. The highest BCUT2D eigenvalue weighted by Gasteiger charge is 2.32. The molecule has 4 nitrogen and oxygen atoms in total. The molecule has 5 heteroatoms. The zero-order valence-corrected chi connectivity index (χ0v) is 14.5. The highest BCUT2D eigenvalue weighted by molar-refractivity contribution is 5.95. The number of carbonyl (C=O) groups is 2. The number of hydrogen-bond acceptors (Lipinski definition) is 3. The van der Waals surface area contributed by atoms with Gasteiger partial charge in [-0.1, -0.05) is 31.9 Å². The normalized spacial score (nSPS) is 20.5. The third-order valence-electron chi connectivity index (χ3n) is 4.69. The van der Waals surface area contributed by atoms with Crippen molar-refractivity contribution in [3.05, 3.63) is 35.6 Å². The third kappa shape index (κ3) is 4.56. The van der Waals surface area contributed by atoms with Crippen LogP contribution in [0.2, 0.25) is 0 Å². The lowest BCUT2D eigenvalue weighted by Crippen LogP contribution is -2.46. The number of ether oxygens (including phenoxy) is 1. The van der Waals surface area contributed by atoms with Crippen LogP contribution < -0.4 is 0 Å². The number of esters is 1. The highest BCUT2D eigenvalue weighted by atomic mass is 19.1. The molecule has 0 N–H and O–H groups in total. The Kier molecular flexibility index (Phi) is 6.76. The van der Waals surface area contributed by atoms with Gasteiger partial charge in [0.05, 0.1) is 18.6 Å². The lowest BCUT2D eigenvalue weighted by molar-refractivity contribution is -0.143. The molecule has 0 radical (unpaired) electrons. The molecule has 1 aliphatic carbocycles. The monoisotopic (exact) mass is 335 g/mol. The fourth-order valence-electron chi connectivity index (χ4n) is 3.41. The molecular formula is C19H26FNO3. The van der Waals surface area contributed by atoms with Gasteiger partial charge in [0.1, 0.15) is 5.82 Å². The standard InChI is InChI=1S/C19H26FNO3/c1-3-24-18(22)12-13-21(17-11-7-4-8-14(17)2)19(23)15-9-5-6-10-16(15)20/h5-6,9-10,14,17H,3-4,7-8,11-13H2,1-2H3. The Labute approximate surface area is 143 Å². The van der Waals surface area contributed by atoms with Crippen molar-refractivity contribution in [1.29, 1.82) is 0 Å². The SMILES string of the molecule is CCOC(=O)CCN(C(=O)c1ccccc1F)C1CCCCC1C. The summed E-state index contributed by atoms with van der Waals surface area (Å²) in [5, 5.41) is 0. The zero-order valence-electron chi connectivity index (χ0n) is 14.5.